The van der Waals surface area contributed by atoms with E-state index in [9.17, 15) is 14.4 Å². The number of hydrogen-bond donors (Lipinski definition) is 1. The van der Waals surface area contributed by atoms with E-state index in [1.54, 1.807) is 11.0 Å². The Kier molecular flexibility index (Phi) is 6.17. The van der Waals surface area contributed by atoms with E-state index < -0.39 is 11.9 Å². The lowest BCUT2D eigenvalue weighted by Gasteiger charge is -2.48. The number of nitrogens with one attached hydrogen (secondary N) is 1. The van der Waals surface area contributed by atoms with Crippen molar-refractivity contribution in [1.29, 1.82) is 5.26 Å². The number of amides is 3. The van der Waals surface area contributed by atoms with Gasteiger partial charge < -0.3 is 9.64 Å². The molecule has 2 aromatic rings. The lowest BCUT2D eigenvalue weighted by molar-refractivity contribution is -0.136. The molecule has 2 aromatic carbocycles. The maximum Gasteiger partial charge on any atom is 0.255 e. The van der Waals surface area contributed by atoms with E-state index in [4.69, 9.17) is 10.00 Å². The number of benzene rings is 2. The van der Waals surface area contributed by atoms with Crippen LogP contribution in [0.4, 0.5) is 0 Å². The van der Waals surface area contributed by atoms with Crippen LogP contribution >= 0.6 is 0 Å². The van der Waals surface area contributed by atoms with E-state index in [2.05, 4.69) is 28.4 Å². The number of ether oxygens (including phenoxy) is 1. The normalized spacial score (nSPS) is 26.3. The van der Waals surface area contributed by atoms with Crippen LogP contribution in [0.25, 0.3) is 0 Å². The minimum absolute atomic E-state index is 0.0945. The summed E-state index contributed by atoms with van der Waals surface area (Å²) < 4.78 is 6.54. The molecule has 3 amide bonds. The molecular formula is C29H30N4O4. The summed E-state index contributed by atoms with van der Waals surface area (Å²) >= 11 is 0. The number of likely N-dealkylation sites (tertiary alicyclic amines) is 1. The van der Waals surface area contributed by atoms with E-state index in [0.717, 1.165) is 43.7 Å². The van der Waals surface area contributed by atoms with Crippen LogP contribution in [0.3, 0.4) is 0 Å². The van der Waals surface area contributed by atoms with Crippen molar-refractivity contribution < 1.29 is 19.1 Å². The van der Waals surface area contributed by atoms with Gasteiger partial charge >= 0.3 is 0 Å². The fourth-order valence-corrected chi connectivity index (χ4v) is 6.26. The molecular weight excluding hydrogens is 468 g/mol. The molecule has 1 N–H and O–H groups in total. The first-order valence-corrected chi connectivity index (χ1v) is 13.2. The molecule has 1 aliphatic carbocycles. The highest BCUT2D eigenvalue weighted by Crippen LogP contribution is 2.36. The quantitative estimate of drug-likeness (QED) is 0.636. The number of nitrogens with zero attached hydrogens (tertiary/aromatic N) is 3. The van der Waals surface area contributed by atoms with Crippen LogP contribution < -0.4 is 10.1 Å². The van der Waals surface area contributed by atoms with Gasteiger partial charge in [-0.1, -0.05) is 18.6 Å². The van der Waals surface area contributed by atoms with Crippen LogP contribution in [0, 0.1) is 11.3 Å². The van der Waals surface area contributed by atoms with Crippen molar-refractivity contribution in [3.8, 4) is 11.8 Å². The predicted octanol–water partition coefficient (Wildman–Crippen LogP) is 3.11. The molecule has 3 atom stereocenters. The number of carbonyl (C=O) groups is 3. The topological polar surface area (TPSA) is 103 Å². The van der Waals surface area contributed by atoms with Crippen molar-refractivity contribution in [1.82, 2.24) is 15.1 Å². The molecule has 0 aromatic heterocycles. The van der Waals surface area contributed by atoms with Gasteiger partial charge in [-0.3, -0.25) is 24.6 Å². The monoisotopic (exact) mass is 498 g/mol. The van der Waals surface area contributed by atoms with Gasteiger partial charge in [0, 0.05) is 43.6 Å². The molecule has 0 bridgehead atoms. The molecule has 3 fully saturated rings. The molecule has 1 unspecified atom stereocenters. The Balaban J connectivity index is 1.11. The lowest BCUT2D eigenvalue weighted by atomic mass is 9.84. The van der Waals surface area contributed by atoms with Crippen molar-refractivity contribution in [2.45, 2.75) is 69.2 Å². The van der Waals surface area contributed by atoms with Crippen molar-refractivity contribution in [3.63, 3.8) is 0 Å². The van der Waals surface area contributed by atoms with Crippen molar-refractivity contribution in [2.75, 3.05) is 13.1 Å². The summed E-state index contributed by atoms with van der Waals surface area (Å²) in [6.07, 6.45) is 5.14. The first-order valence-electron chi connectivity index (χ1n) is 13.2. The summed E-state index contributed by atoms with van der Waals surface area (Å²) in [5.41, 5.74) is 3.44. The molecule has 0 radical (unpaired) electrons. The molecule has 4 aliphatic rings. The SMILES string of the molecule is N#Cc1ccc(C2CN([C@@H]3CCCC[C@H]3Oc3ccc4c(c3)CN(C3CCC(=O)NC3=O)C4=O)C2)cc1. The Labute approximate surface area is 216 Å². The summed E-state index contributed by atoms with van der Waals surface area (Å²) in [4.78, 5) is 40.9. The Hall–Kier alpha value is -3.70. The molecule has 6 rings (SSSR count). The van der Waals surface area contributed by atoms with Crippen LogP contribution in [0.1, 0.15) is 71.5 Å². The van der Waals surface area contributed by atoms with Gasteiger partial charge in [-0.2, -0.15) is 5.26 Å². The van der Waals surface area contributed by atoms with Gasteiger partial charge in [0.25, 0.3) is 5.91 Å². The van der Waals surface area contributed by atoms with Crippen LogP contribution in [-0.4, -0.2) is 58.8 Å². The largest absolute Gasteiger partial charge is 0.489 e. The molecule has 3 aliphatic heterocycles. The van der Waals surface area contributed by atoms with E-state index in [0.29, 0.717) is 36.1 Å². The molecule has 3 heterocycles. The molecule has 37 heavy (non-hydrogen) atoms. The van der Waals surface area contributed by atoms with Crippen LogP contribution in [0.2, 0.25) is 0 Å². The highest BCUT2D eigenvalue weighted by Gasteiger charge is 2.41. The number of piperidine rings is 1. The lowest BCUT2D eigenvalue weighted by Crippen LogP contribution is -2.57. The van der Waals surface area contributed by atoms with Crippen molar-refractivity contribution in [2.24, 2.45) is 0 Å². The third-order valence-corrected chi connectivity index (χ3v) is 8.34. The third-order valence-electron chi connectivity index (χ3n) is 8.34. The number of fused-ring (bicyclic) bond motifs is 1. The number of hydrogen-bond acceptors (Lipinski definition) is 6. The van der Waals surface area contributed by atoms with E-state index in [1.807, 2.05) is 24.3 Å². The summed E-state index contributed by atoms with van der Waals surface area (Å²) in [5, 5.41) is 11.4. The van der Waals surface area contributed by atoms with Gasteiger partial charge in [-0.25, -0.2) is 0 Å². The Bertz CT molecular complexity index is 1280. The highest BCUT2D eigenvalue weighted by atomic mass is 16.5. The molecule has 190 valence electrons. The van der Waals surface area contributed by atoms with Crippen molar-refractivity contribution in [3.05, 3.63) is 64.7 Å². The van der Waals surface area contributed by atoms with E-state index in [-0.39, 0.29) is 24.3 Å². The smallest absolute Gasteiger partial charge is 0.255 e. The van der Waals surface area contributed by atoms with Crippen molar-refractivity contribution >= 4 is 17.7 Å². The molecule has 8 heteroatoms. The average Bonchev–Trinajstić information content (AvgIpc) is 3.20. The third kappa shape index (κ3) is 4.49. The fraction of sp³-hybridized carbons (Fsp3) is 0.448. The van der Waals surface area contributed by atoms with Crippen LogP contribution in [0.5, 0.6) is 5.75 Å². The number of nitriles is 1. The van der Waals surface area contributed by atoms with Crippen LogP contribution in [0.15, 0.2) is 42.5 Å². The van der Waals surface area contributed by atoms with E-state index in [1.165, 1.54) is 12.0 Å². The second kappa shape index (κ2) is 9.64. The van der Waals surface area contributed by atoms with Gasteiger partial charge in [0.15, 0.2) is 0 Å². The Morgan fingerprint density at radius 2 is 1.76 bits per heavy atom. The molecule has 0 spiro atoms. The van der Waals surface area contributed by atoms with Gasteiger partial charge in [0.2, 0.25) is 11.8 Å². The molecule has 8 nitrogen and oxygen atoms in total. The molecule has 1 saturated carbocycles. The summed E-state index contributed by atoms with van der Waals surface area (Å²) in [7, 11) is 0. The zero-order chi connectivity index (χ0) is 25.5. The van der Waals surface area contributed by atoms with E-state index >= 15 is 0 Å². The zero-order valence-corrected chi connectivity index (χ0v) is 20.7. The van der Waals surface area contributed by atoms with Gasteiger partial charge in [0.1, 0.15) is 17.9 Å². The maximum absolute atomic E-state index is 13.0. The van der Waals surface area contributed by atoms with Gasteiger partial charge in [-0.05, 0) is 67.1 Å². The van der Waals surface area contributed by atoms with Crippen LogP contribution in [-0.2, 0) is 16.1 Å². The summed E-state index contributed by atoms with van der Waals surface area (Å²) in [6.45, 7) is 2.34. The minimum atomic E-state index is -0.611. The number of imide groups is 1. The average molecular weight is 499 g/mol. The standard InChI is InChI=1S/C29H30N4O4/c30-14-18-5-7-19(8-6-18)21-15-32(16-21)24-3-1-2-4-26(24)37-22-9-10-23-20(13-22)17-33(29(23)36)25-11-12-27(34)31-28(25)35/h5-10,13,21,24-26H,1-4,11-12,15-17H2,(H,31,34,35)/t24-,25?,26-/m1/s1. The summed E-state index contributed by atoms with van der Waals surface area (Å²) in [6, 6.07) is 15.5. The molecule has 2 saturated heterocycles. The maximum atomic E-state index is 13.0. The second-order valence-electron chi connectivity index (χ2n) is 10.6. The zero-order valence-electron chi connectivity index (χ0n) is 20.7. The first kappa shape index (κ1) is 23.7. The van der Waals surface area contributed by atoms with Gasteiger partial charge in [0.05, 0.1) is 11.6 Å². The number of rotatable bonds is 5. The first-order chi connectivity index (χ1) is 18.0. The van der Waals surface area contributed by atoms with Gasteiger partial charge in [-0.15, -0.1) is 0 Å². The Morgan fingerprint density at radius 3 is 2.51 bits per heavy atom. The number of carbonyl (C=O) groups excluding carboxylic acids is 3. The summed E-state index contributed by atoms with van der Waals surface area (Å²) in [5.74, 6) is 0.402. The second-order valence-corrected chi connectivity index (χ2v) is 10.6. The highest BCUT2D eigenvalue weighted by molar-refractivity contribution is 6.05. The predicted molar refractivity (Wildman–Crippen MR) is 135 cm³/mol. The Morgan fingerprint density at radius 1 is 0.973 bits per heavy atom. The minimum Gasteiger partial charge on any atom is -0.489 e. The fourth-order valence-electron chi connectivity index (χ4n) is 6.26.